The van der Waals surface area contributed by atoms with Crippen molar-refractivity contribution in [2.45, 2.75) is 39.7 Å². The molecule has 2 aromatic rings. The minimum absolute atomic E-state index is 0.113. The summed E-state index contributed by atoms with van der Waals surface area (Å²) in [5.74, 6) is -2.13. The quantitative estimate of drug-likeness (QED) is 0.487. The van der Waals surface area contributed by atoms with Crippen LogP contribution in [0.1, 0.15) is 49.8 Å². The number of ketones is 1. The van der Waals surface area contributed by atoms with Crippen molar-refractivity contribution in [2.24, 2.45) is 0 Å². The topological polar surface area (TPSA) is 62.6 Å². The van der Waals surface area contributed by atoms with Crippen molar-refractivity contribution in [3.05, 3.63) is 53.9 Å². The first-order chi connectivity index (χ1) is 12.1. The van der Waals surface area contributed by atoms with Crippen LogP contribution in [-0.4, -0.2) is 41.4 Å². The number of ether oxygens (including phenoxy) is 3. The van der Waals surface area contributed by atoms with E-state index in [1.807, 2.05) is 37.3 Å². The molecule has 1 heterocycles. The van der Waals surface area contributed by atoms with E-state index in [1.54, 1.807) is 37.7 Å². The normalized spacial score (nSPS) is 13.0. The molecule has 1 aromatic carbocycles. The first kappa shape index (κ1) is 19.3. The third kappa shape index (κ3) is 4.15. The van der Waals surface area contributed by atoms with Crippen LogP contribution >= 0.6 is 0 Å². The molecular formula is C19H26N2O4. The van der Waals surface area contributed by atoms with Gasteiger partial charge < -0.3 is 14.2 Å². The molecule has 1 atom stereocenters. The van der Waals surface area contributed by atoms with Crippen molar-refractivity contribution in [1.82, 2.24) is 9.78 Å². The second-order valence-electron chi connectivity index (χ2n) is 5.43. The van der Waals surface area contributed by atoms with Crippen LogP contribution in [0.25, 0.3) is 0 Å². The first-order valence-electron chi connectivity index (χ1n) is 8.64. The van der Waals surface area contributed by atoms with Crippen molar-refractivity contribution in [3.63, 3.8) is 0 Å². The largest absolute Gasteiger partial charge is 0.353 e. The van der Waals surface area contributed by atoms with E-state index in [9.17, 15) is 4.79 Å². The average Bonchev–Trinajstić information content (AvgIpc) is 3.11. The van der Waals surface area contributed by atoms with Gasteiger partial charge in [-0.25, -0.2) is 0 Å². The molecule has 0 saturated carbocycles. The fourth-order valence-electron chi connectivity index (χ4n) is 2.72. The summed E-state index contributed by atoms with van der Waals surface area (Å²) in [5, 5.41) is 4.34. The molecule has 0 saturated heterocycles. The molecule has 136 valence electrons. The minimum Gasteiger partial charge on any atom is -0.321 e. The molecule has 6 heteroatoms. The summed E-state index contributed by atoms with van der Waals surface area (Å²) >= 11 is 0. The van der Waals surface area contributed by atoms with E-state index in [4.69, 9.17) is 14.2 Å². The summed E-state index contributed by atoms with van der Waals surface area (Å²) in [4.78, 5) is 13.2. The molecule has 25 heavy (non-hydrogen) atoms. The lowest BCUT2D eigenvalue weighted by molar-refractivity contribution is -0.339. The molecule has 1 aromatic heterocycles. The SMILES string of the molecule is CCOC(OCC)(OCC)C(=O)c1ccnn1[C@H](C)c1ccccc1. The van der Waals surface area contributed by atoms with Crippen LogP contribution in [0.3, 0.4) is 0 Å². The molecule has 0 aliphatic rings. The third-order valence-electron chi connectivity index (χ3n) is 3.83. The van der Waals surface area contributed by atoms with Gasteiger partial charge in [-0.05, 0) is 39.3 Å². The number of carbonyl (C=O) groups is 1. The number of hydrogen-bond acceptors (Lipinski definition) is 5. The summed E-state index contributed by atoms with van der Waals surface area (Å²) in [5.41, 5.74) is 1.43. The van der Waals surface area contributed by atoms with E-state index in [2.05, 4.69) is 5.10 Å². The van der Waals surface area contributed by atoms with Crippen LogP contribution in [0, 0.1) is 0 Å². The fraction of sp³-hybridized carbons (Fsp3) is 0.474. The maximum Gasteiger partial charge on any atom is 0.353 e. The first-order valence-corrected chi connectivity index (χ1v) is 8.64. The lowest BCUT2D eigenvalue weighted by Crippen LogP contribution is -2.48. The molecule has 0 aliphatic carbocycles. The zero-order valence-electron chi connectivity index (χ0n) is 15.3. The van der Waals surface area contributed by atoms with Crippen LogP contribution in [-0.2, 0) is 14.2 Å². The standard InChI is InChI=1S/C19H26N2O4/c1-5-23-19(24-6-2,25-7-3)18(22)17-13-14-20-21(17)15(4)16-11-9-8-10-12-16/h8-15H,5-7H2,1-4H3/t15-/m1/s1. The van der Waals surface area contributed by atoms with Crippen molar-refractivity contribution in [2.75, 3.05) is 19.8 Å². The highest BCUT2D eigenvalue weighted by Crippen LogP contribution is 2.25. The number of benzene rings is 1. The molecule has 0 bridgehead atoms. The molecule has 0 aliphatic heterocycles. The summed E-state index contributed by atoms with van der Waals surface area (Å²) in [6.45, 7) is 8.23. The van der Waals surface area contributed by atoms with E-state index in [1.165, 1.54) is 0 Å². The number of aromatic nitrogens is 2. The predicted octanol–water partition coefficient (Wildman–Crippen LogP) is 3.44. The van der Waals surface area contributed by atoms with Gasteiger partial charge in [0.25, 0.3) is 5.78 Å². The monoisotopic (exact) mass is 346 g/mol. The lowest BCUT2D eigenvalue weighted by Gasteiger charge is -2.31. The van der Waals surface area contributed by atoms with Crippen LogP contribution in [0.5, 0.6) is 0 Å². The number of carbonyl (C=O) groups excluding carboxylic acids is 1. The highest BCUT2D eigenvalue weighted by atomic mass is 16.9. The molecule has 0 spiro atoms. The molecule has 0 radical (unpaired) electrons. The van der Waals surface area contributed by atoms with E-state index < -0.39 is 11.8 Å². The average molecular weight is 346 g/mol. The van der Waals surface area contributed by atoms with Gasteiger partial charge in [-0.1, -0.05) is 30.3 Å². The Kier molecular flexibility index (Phi) is 6.87. The zero-order valence-corrected chi connectivity index (χ0v) is 15.3. The van der Waals surface area contributed by atoms with Gasteiger partial charge in [0.05, 0.1) is 25.9 Å². The van der Waals surface area contributed by atoms with Crippen molar-refractivity contribution in [1.29, 1.82) is 0 Å². The molecule has 6 nitrogen and oxygen atoms in total. The van der Waals surface area contributed by atoms with E-state index in [0.717, 1.165) is 5.56 Å². The Balaban J connectivity index is 2.40. The number of rotatable bonds is 10. The fourth-order valence-corrected chi connectivity index (χ4v) is 2.72. The van der Waals surface area contributed by atoms with Gasteiger partial charge in [-0.15, -0.1) is 0 Å². The van der Waals surface area contributed by atoms with Crippen molar-refractivity contribution < 1.29 is 19.0 Å². The van der Waals surface area contributed by atoms with Gasteiger partial charge in [-0.3, -0.25) is 9.48 Å². The van der Waals surface area contributed by atoms with E-state index >= 15 is 0 Å². The summed E-state index contributed by atoms with van der Waals surface area (Å²) in [6.07, 6.45) is 1.60. The van der Waals surface area contributed by atoms with E-state index in [-0.39, 0.29) is 25.9 Å². The van der Waals surface area contributed by atoms with Crippen LogP contribution in [0.4, 0.5) is 0 Å². The number of nitrogens with zero attached hydrogens (tertiary/aromatic N) is 2. The van der Waals surface area contributed by atoms with Crippen LogP contribution in [0.2, 0.25) is 0 Å². The summed E-state index contributed by atoms with van der Waals surface area (Å²) in [6, 6.07) is 11.4. The molecular weight excluding hydrogens is 320 g/mol. The van der Waals surface area contributed by atoms with E-state index in [0.29, 0.717) is 5.69 Å². The number of Topliss-reactive ketones (excluding diaryl/α,β-unsaturated/α-hetero) is 1. The Morgan fingerprint density at radius 1 is 1.04 bits per heavy atom. The van der Waals surface area contributed by atoms with Gasteiger partial charge in [0, 0.05) is 6.20 Å². The highest BCUT2D eigenvalue weighted by molar-refractivity contribution is 5.99. The second kappa shape index (κ2) is 8.89. The van der Waals surface area contributed by atoms with Crippen molar-refractivity contribution in [3.8, 4) is 0 Å². The smallest absolute Gasteiger partial charge is 0.321 e. The third-order valence-corrected chi connectivity index (χ3v) is 3.83. The Morgan fingerprint density at radius 2 is 1.60 bits per heavy atom. The molecule has 0 amide bonds. The Morgan fingerprint density at radius 3 is 2.12 bits per heavy atom. The Labute approximate surface area is 148 Å². The lowest BCUT2D eigenvalue weighted by atomic mass is 10.1. The highest BCUT2D eigenvalue weighted by Gasteiger charge is 2.44. The molecule has 0 unspecified atom stereocenters. The van der Waals surface area contributed by atoms with Gasteiger partial charge in [-0.2, -0.15) is 5.10 Å². The van der Waals surface area contributed by atoms with Gasteiger partial charge in [0.15, 0.2) is 0 Å². The molecule has 2 rings (SSSR count). The predicted molar refractivity (Wildman–Crippen MR) is 94.4 cm³/mol. The maximum absolute atomic E-state index is 13.2. The van der Waals surface area contributed by atoms with Crippen molar-refractivity contribution >= 4 is 5.78 Å². The minimum atomic E-state index is -1.74. The molecule has 0 N–H and O–H groups in total. The Hall–Kier alpha value is -2.02. The number of hydrogen-bond donors (Lipinski definition) is 0. The van der Waals surface area contributed by atoms with Crippen LogP contribution < -0.4 is 0 Å². The summed E-state index contributed by atoms with van der Waals surface area (Å²) < 4.78 is 18.5. The molecule has 0 fully saturated rings. The van der Waals surface area contributed by atoms with Gasteiger partial charge in [0.1, 0.15) is 5.69 Å². The zero-order chi connectivity index (χ0) is 18.3. The van der Waals surface area contributed by atoms with Gasteiger partial charge >= 0.3 is 5.97 Å². The second-order valence-corrected chi connectivity index (χ2v) is 5.43. The Bertz CT molecular complexity index is 652. The maximum atomic E-state index is 13.2. The summed E-state index contributed by atoms with van der Waals surface area (Å²) in [7, 11) is 0. The van der Waals surface area contributed by atoms with Crippen LogP contribution in [0.15, 0.2) is 42.6 Å². The van der Waals surface area contributed by atoms with Gasteiger partial charge in [0.2, 0.25) is 0 Å².